The van der Waals surface area contributed by atoms with Gasteiger partial charge in [-0.1, -0.05) is 30.3 Å². The Hall–Kier alpha value is -1.66. The summed E-state index contributed by atoms with van der Waals surface area (Å²) in [4.78, 5) is 2.36. The largest absolute Gasteiger partial charge is 0.494 e. The van der Waals surface area contributed by atoms with Crippen LogP contribution in [0.25, 0.3) is 0 Å². The third kappa shape index (κ3) is 6.18. The van der Waals surface area contributed by atoms with Crippen LogP contribution in [0, 0.1) is 5.82 Å². The van der Waals surface area contributed by atoms with Crippen molar-refractivity contribution in [3.8, 4) is 5.75 Å². The molecule has 0 saturated carbocycles. The van der Waals surface area contributed by atoms with Gasteiger partial charge in [0.05, 0.1) is 19.8 Å². The molecule has 0 radical (unpaired) electrons. The van der Waals surface area contributed by atoms with Crippen LogP contribution in [0.3, 0.4) is 0 Å². The number of nitrogens with zero attached hydrogens (tertiary/aromatic N) is 1. The SMILES string of the molecule is CCOc1ccccc1CNCC(c1cccc(F)c1)N1CCOCC1.Cl. The van der Waals surface area contributed by atoms with E-state index in [1.807, 2.05) is 31.2 Å². The Balaban J connectivity index is 0.00000261. The third-order valence-corrected chi connectivity index (χ3v) is 4.65. The van der Waals surface area contributed by atoms with Gasteiger partial charge in [-0.15, -0.1) is 12.4 Å². The van der Waals surface area contributed by atoms with E-state index in [-0.39, 0.29) is 24.3 Å². The van der Waals surface area contributed by atoms with Crippen molar-refractivity contribution in [3.05, 3.63) is 65.5 Å². The number of morpholine rings is 1. The Labute approximate surface area is 167 Å². The second-order valence-corrected chi connectivity index (χ2v) is 6.39. The van der Waals surface area contributed by atoms with Gasteiger partial charge < -0.3 is 14.8 Å². The Bertz CT molecular complexity index is 695. The van der Waals surface area contributed by atoms with Crippen LogP contribution in [0.15, 0.2) is 48.5 Å². The Kier molecular flexibility index (Phi) is 9.01. The summed E-state index contributed by atoms with van der Waals surface area (Å²) in [5, 5.41) is 3.53. The highest BCUT2D eigenvalue weighted by Gasteiger charge is 2.22. The van der Waals surface area contributed by atoms with Crippen molar-refractivity contribution in [2.75, 3.05) is 39.5 Å². The van der Waals surface area contributed by atoms with Crippen LogP contribution >= 0.6 is 12.4 Å². The number of ether oxygens (including phenoxy) is 2. The Morgan fingerprint density at radius 1 is 1.15 bits per heavy atom. The lowest BCUT2D eigenvalue weighted by molar-refractivity contribution is 0.0160. The van der Waals surface area contributed by atoms with Crippen molar-refractivity contribution >= 4 is 12.4 Å². The number of para-hydroxylation sites is 1. The molecule has 148 valence electrons. The van der Waals surface area contributed by atoms with Gasteiger partial charge in [0.1, 0.15) is 11.6 Å². The summed E-state index contributed by atoms with van der Waals surface area (Å²) in [6.07, 6.45) is 0. The van der Waals surface area contributed by atoms with E-state index in [2.05, 4.69) is 16.3 Å². The maximum absolute atomic E-state index is 13.7. The molecule has 2 aromatic carbocycles. The van der Waals surface area contributed by atoms with Crippen LogP contribution in [-0.2, 0) is 11.3 Å². The van der Waals surface area contributed by atoms with Gasteiger partial charge in [0.15, 0.2) is 0 Å². The highest BCUT2D eigenvalue weighted by molar-refractivity contribution is 5.85. The fourth-order valence-electron chi connectivity index (χ4n) is 3.35. The van der Waals surface area contributed by atoms with Gasteiger partial charge in [0.2, 0.25) is 0 Å². The van der Waals surface area contributed by atoms with Crippen LogP contribution in [0.1, 0.15) is 24.1 Å². The normalized spacial score (nSPS) is 15.8. The average molecular weight is 395 g/mol. The molecule has 3 rings (SSSR count). The fourth-order valence-corrected chi connectivity index (χ4v) is 3.35. The summed E-state index contributed by atoms with van der Waals surface area (Å²) >= 11 is 0. The zero-order chi connectivity index (χ0) is 18.2. The van der Waals surface area contributed by atoms with Crippen LogP contribution < -0.4 is 10.1 Å². The quantitative estimate of drug-likeness (QED) is 0.738. The van der Waals surface area contributed by atoms with Gasteiger partial charge in [-0.05, 0) is 30.7 Å². The predicted octanol–water partition coefficient (Wildman–Crippen LogP) is 3.81. The van der Waals surface area contributed by atoms with Gasteiger partial charge in [-0.2, -0.15) is 0 Å². The highest BCUT2D eigenvalue weighted by atomic mass is 35.5. The summed E-state index contributed by atoms with van der Waals surface area (Å²) in [6.45, 7) is 7.25. The van der Waals surface area contributed by atoms with Crippen molar-refractivity contribution in [1.82, 2.24) is 10.2 Å². The van der Waals surface area contributed by atoms with Crippen molar-refractivity contribution in [1.29, 1.82) is 0 Å². The van der Waals surface area contributed by atoms with E-state index in [1.165, 1.54) is 6.07 Å². The van der Waals surface area contributed by atoms with Gasteiger partial charge in [0, 0.05) is 37.8 Å². The van der Waals surface area contributed by atoms with Gasteiger partial charge in [0.25, 0.3) is 0 Å². The molecule has 1 unspecified atom stereocenters. The number of nitrogens with one attached hydrogen (secondary N) is 1. The zero-order valence-electron chi connectivity index (χ0n) is 15.7. The van der Waals surface area contributed by atoms with E-state index in [9.17, 15) is 4.39 Å². The average Bonchev–Trinajstić information content (AvgIpc) is 2.67. The maximum atomic E-state index is 13.7. The molecule has 0 amide bonds. The zero-order valence-corrected chi connectivity index (χ0v) is 16.5. The minimum Gasteiger partial charge on any atom is -0.494 e. The van der Waals surface area contributed by atoms with Gasteiger partial charge >= 0.3 is 0 Å². The number of rotatable bonds is 8. The molecule has 1 aliphatic rings. The molecule has 1 heterocycles. The molecule has 1 aliphatic heterocycles. The first kappa shape index (κ1) is 21.6. The molecule has 0 aromatic heterocycles. The lowest BCUT2D eigenvalue weighted by Crippen LogP contribution is -2.42. The lowest BCUT2D eigenvalue weighted by Gasteiger charge is -2.35. The van der Waals surface area contributed by atoms with E-state index in [0.29, 0.717) is 13.2 Å². The van der Waals surface area contributed by atoms with E-state index >= 15 is 0 Å². The second-order valence-electron chi connectivity index (χ2n) is 6.39. The maximum Gasteiger partial charge on any atom is 0.123 e. The van der Waals surface area contributed by atoms with Crippen LogP contribution in [0.4, 0.5) is 4.39 Å². The molecule has 0 bridgehead atoms. The van der Waals surface area contributed by atoms with Crippen molar-refractivity contribution in [3.63, 3.8) is 0 Å². The molecule has 1 atom stereocenters. The standard InChI is InChI=1S/C21H27FN2O2.ClH/c1-2-26-21-9-4-3-6-18(21)15-23-16-20(24-10-12-25-13-11-24)17-7-5-8-19(22)14-17;/h3-9,14,20,23H,2,10-13,15-16H2,1H3;1H. The fraction of sp³-hybridized carbons (Fsp3) is 0.429. The first-order valence-corrected chi connectivity index (χ1v) is 9.26. The topological polar surface area (TPSA) is 33.7 Å². The van der Waals surface area contributed by atoms with Crippen LogP contribution in [-0.4, -0.2) is 44.4 Å². The molecule has 0 aliphatic carbocycles. The van der Waals surface area contributed by atoms with E-state index in [0.717, 1.165) is 49.7 Å². The van der Waals surface area contributed by atoms with Gasteiger partial charge in [-0.25, -0.2) is 4.39 Å². The summed E-state index contributed by atoms with van der Waals surface area (Å²) in [5.74, 6) is 0.721. The molecular formula is C21H28ClFN2O2. The first-order valence-electron chi connectivity index (χ1n) is 9.26. The minimum atomic E-state index is -0.192. The predicted molar refractivity (Wildman–Crippen MR) is 108 cm³/mol. The third-order valence-electron chi connectivity index (χ3n) is 4.65. The molecule has 27 heavy (non-hydrogen) atoms. The molecule has 1 saturated heterocycles. The number of hydrogen-bond acceptors (Lipinski definition) is 4. The Morgan fingerprint density at radius 2 is 1.93 bits per heavy atom. The highest BCUT2D eigenvalue weighted by Crippen LogP contribution is 2.23. The van der Waals surface area contributed by atoms with Crippen LogP contribution in [0.2, 0.25) is 0 Å². The number of benzene rings is 2. The number of hydrogen-bond donors (Lipinski definition) is 1. The molecule has 0 spiro atoms. The van der Waals surface area contributed by atoms with E-state index < -0.39 is 0 Å². The van der Waals surface area contributed by atoms with Crippen molar-refractivity contribution in [2.24, 2.45) is 0 Å². The first-order chi connectivity index (χ1) is 12.8. The van der Waals surface area contributed by atoms with Crippen molar-refractivity contribution in [2.45, 2.75) is 19.5 Å². The minimum absolute atomic E-state index is 0. The van der Waals surface area contributed by atoms with Crippen LogP contribution in [0.5, 0.6) is 5.75 Å². The van der Waals surface area contributed by atoms with Gasteiger partial charge in [-0.3, -0.25) is 4.90 Å². The molecule has 6 heteroatoms. The monoisotopic (exact) mass is 394 g/mol. The molecular weight excluding hydrogens is 367 g/mol. The van der Waals surface area contributed by atoms with E-state index in [1.54, 1.807) is 12.1 Å². The molecule has 1 N–H and O–H groups in total. The lowest BCUT2D eigenvalue weighted by atomic mass is 10.0. The molecule has 4 nitrogen and oxygen atoms in total. The van der Waals surface area contributed by atoms with Crippen molar-refractivity contribution < 1.29 is 13.9 Å². The second kappa shape index (κ2) is 11.2. The molecule has 2 aromatic rings. The van der Waals surface area contributed by atoms with E-state index in [4.69, 9.17) is 9.47 Å². The smallest absolute Gasteiger partial charge is 0.123 e. The molecule has 1 fully saturated rings. The summed E-state index contributed by atoms with van der Waals surface area (Å²) < 4.78 is 24.9. The summed E-state index contributed by atoms with van der Waals surface area (Å²) in [5.41, 5.74) is 2.13. The summed E-state index contributed by atoms with van der Waals surface area (Å²) in [7, 11) is 0. The summed E-state index contributed by atoms with van der Waals surface area (Å²) in [6, 6.07) is 15.1. The number of halogens is 2. The Morgan fingerprint density at radius 3 is 2.67 bits per heavy atom.